The molecule has 0 radical (unpaired) electrons. The third kappa shape index (κ3) is 6.36. The van der Waals surface area contributed by atoms with Crippen molar-refractivity contribution < 1.29 is 9.47 Å². The average Bonchev–Trinajstić information content (AvgIpc) is 3.05. The van der Waals surface area contributed by atoms with Gasteiger partial charge in [0.15, 0.2) is 0 Å². The van der Waals surface area contributed by atoms with E-state index in [2.05, 4.69) is 4.90 Å². The first-order valence-electron chi connectivity index (χ1n) is 5.75. The molecule has 0 N–H and O–H groups in total. The maximum atomic E-state index is 5.75. The van der Waals surface area contributed by atoms with Crippen molar-refractivity contribution in [1.29, 1.82) is 0 Å². The lowest BCUT2D eigenvalue weighted by Gasteiger charge is -2.20. The van der Waals surface area contributed by atoms with Crippen LogP contribution in [0.1, 0.15) is 19.3 Å². The monoisotopic (exact) mass is 235 g/mol. The summed E-state index contributed by atoms with van der Waals surface area (Å²) < 4.78 is 10.5. The number of hydrogen-bond donors (Lipinski definition) is 0. The van der Waals surface area contributed by atoms with Crippen molar-refractivity contribution in [2.75, 3.05) is 45.9 Å². The largest absolute Gasteiger partial charge is 0.385 e. The minimum Gasteiger partial charge on any atom is -0.385 e. The molecule has 0 aliphatic heterocycles. The number of hydrogen-bond acceptors (Lipinski definition) is 3. The molecule has 3 nitrogen and oxygen atoms in total. The van der Waals surface area contributed by atoms with E-state index < -0.39 is 0 Å². The second-order valence-corrected chi connectivity index (χ2v) is 4.29. The number of ether oxygens (including phenoxy) is 2. The Morgan fingerprint density at radius 3 is 2.60 bits per heavy atom. The third-order valence-electron chi connectivity index (χ3n) is 2.59. The van der Waals surface area contributed by atoms with E-state index >= 15 is 0 Å². The van der Waals surface area contributed by atoms with Crippen LogP contribution in [0.5, 0.6) is 0 Å². The summed E-state index contributed by atoms with van der Waals surface area (Å²) >= 11 is 5.75. The van der Waals surface area contributed by atoms with Crippen molar-refractivity contribution in [2.24, 2.45) is 0 Å². The molecule has 90 valence electrons. The predicted molar refractivity (Wildman–Crippen MR) is 62.6 cm³/mol. The van der Waals surface area contributed by atoms with E-state index in [9.17, 15) is 0 Å². The molecule has 0 amide bonds. The molecule has 1 aliphatic carbocycles. The Bertz CT molecular complexity index is 154. The Morgan fingerprint density at radius 2 is 2.00 bits per heavy atom. The Hall–Kier alpha value is 0.170. The van der Waals surface area contributed by atoms with Crippen LogP contribution in [0.3, 0.4) is 0 Å². The van der Waals surface area contributed by atoms with Gasteiger partial charge in [0.2, 0.25) is 0 Å². The molecule has 0 heterocycles. The minimum atomic E-state index is 0.722. The predicted octanol–water partition coefficient (Wildman–Crippen LogP) is 1.74. The molecule has 1 aliphatic rings. The van der Waals surface area contributed by atoms with Crippen molar-refractivity contribution >= 4 is 11.6 Å². The molecular formula is C11H22ClNO2. The van der Waals surface area contributed by atoms with Gasteiger partial charge in [0.1, 0.15) is 0 Å². The van der Waals surface area contributed by atoms with Gasteiger partial charge in [-0.3, -0.25) is 4.90 Å². The zero-order valence-electron chi connectivity index (χ0n) is 9.58. The van der Waals surface area contributed by atoms with E-state index in [1.54, 1.807) is 7.11 Å². The van der Waals surface area contributed by atoms with Crippen LogP contribution in [0.4, 0.5) is 0 Å². The molecule has 0 unspecified atom stereocenters. The lowest BCUT2D eigenvalue weighted by Crippen LogP contribution is -2.31. The van der Waals surface area contributed by atoms with Gasteiger partial charge in [-0.05, 0) is 19.3 Å². The molecule has 0 saturated heterocycles. The zero-order chi connectivity index (χ0) is 10.9. The highest BCUT2D eigenvalue weighted by Crippen LogP contribution is 2.26. The molecule has 0 aromatic heterocycles. The van der Waals surface area contributed by atoms with Crippen LogP contribution in [-0.4, -0.2) is 56.8 Å². The van der Waals surface area contributed by atoms with Gasteiger partial charge in [-0.1, -0.05) is 0 Å². The average molecular weight is 236 g/mol. The van der Waals surface area contributed by atoms with Gasteiger partial charge in [0, 0.05) is 45.3 Å². The van der Waals surface area contributed by atoms with Crippen molar-refractivity contribution in [3.8, 4) is 0 Å². The summed E-state index contributed by atoms with van der Waals surface area (Å²) in [5, 5.41) is 0. The molecule has 1 saturated carbocycles. The summed E-state index contributed by atoms with van der Waals surface area (Å²) in [6.07, 6.45) is 3.65. The van der Waals surface area contributed by atoms with E-state index in [1.807, 2.05) is 0 Å². The molecular weight excluding hydrogens is 214 g/mol. The van der Waals surface area contributed by atoms with Gasteiger partial charge in [0.05, 0.1) is 6.61 Å². The topological polar surface area (TPSA) is 21.7 Å². The Labute approximate surface area is 97.7 Å². The van der Waals surface area contributed by atoms with Gasteiger partial charge >= 0.3 is 0 Å². The zero-order valence-corrected chi connectivity index (χ0v) is 10.3. The van der Waals surface area contributed by atoms with Crippen molar-refractivity contribution in [3.63, 3.8) is 0 Å². The van der Waals surface area contributed by atoms with Gasteiger partial charge < -0.3 is 9.47 Å². The smallest absolute Gasteiger partial charge is 0.0593 e. The highest BCUT2D eigenvalue weighted by Gasteiger charge is 2.27. The molecule has 0 atom stereocenters. The van der Waals surface area contributed by atoms with Crippen molar-refractivity contribution in [1.82, 2.24) is 4.90 Å². The third-order valence-corrected chi connectivity index (χ3v) is 2.76. The van der Waals surface area contributed by atoms with E-state index in [0.717, 1.165) is 51.3 Å². The van der Waals surface area contributed by atoms with Gasteiger partial charge in [-0.2, -0.15) is 0 Å². The van der Waals surface area contributed by atoms with Crippen LogP contribution < -0.4 is 0 Å². The van der Waals surface area contributed by atoms with E-state index in [1.165, 1.54) is 12.8 Å². The summed E-state index contributed by atoms with van der Waals surface area (Å²) in [6, 6.07) is 0.784. The molecule has 0 spiro atoms. The molecule has 1 fully saturated rings. The van der Waals surface area contributed by atoms with Crippen LogP contribution in [0.2, 0.25) is 0 Å². The number of alkyl halides is 1. The summed E-state index contributed by atoms with van der Waals surface area (Å²) in [5.41, 5.74) is 0. The molecule has 15 heavy (non-hydrogen) atoms. The first-order valence-corrected chi connectivity index (χ1v) is 6.28. The molecule has 0 aromatic carbocycles. The summed E-state index contributed by atoms with van der Waals surface area (Å²) in [7, 11) is 1.72. The van der Waals surface area contributed by atoms with Crippen LogP contribution in [0, 0.1) is 0 Å². The Kier molecular flexibility index (Phi) is 7.36. The number of halogens is 1. The fourth-order valence-electron chi connectivity index (χ4n) is 1.61. The van der Waals surface area contributed by atoms with E-state index in [4.69, 9.17) is 21.1 Å². The second-order valence-electron chi connectivity index (χ2n) is 3.91. The van der Waals surface area contributed by atoms with Crippen LogP contribution in [0.25, 0.3) is 0 Å². The number of rotatable bonds is 10. The molecule has 1 rings (SSSR count). The summed E-state index contributed by atoms with van der Waals surface area (Å²) in [6.45, 7) is 4.41. The summed E-state index contributed by atoms with van der Waals surface area (Å²) in [4.78, 5) is 2.43. The second kappa shape index (κ2) is 8.34. The maximum absolute atomic E-state index is 5.75. The molecule has 0 aromatic rings. The fourth-order valence-corrected chi connectivity index (χ4v) is 1.83. The normalized spacial score (nSPS) is 16.2. The Morgan fingerprint density at radius 1 is 1.20 bits per heavy atom. The highest BCUT2D eigenvalue weighted by molar-refractivity contribution is 6.18. The fraction of sp³-hybridized carbons (Fsp3) is 1.00. The van der Waals surface area contributed by atoms with Crippen molar-refractivity contribution in [3.05, 3.63) is 0 Å². The number of methoxy groups -OCH3 is 1. The molecule has 0 bridgehead atoms. The maximum Gasteiger partial charge on any atom is 0.0593 e. The highest BCUT2D eigenvalue weighted by atomic mass is 35.5. The lowest BCUT2D eigenvalue weighted by molar-refractivity contribution is 0.0833. The van der Waals surface area contributed by atoms with E-state index in [-0.39, 0.29) is 0 Å². The van der Waals surface area contributed by atoms with E-state index in [0.29, 0.717) is 0 Å². The van der Waals surface area contributed by atoms with Crippen molar-refractivity contribution in [2.45, 2.75) is 25.3 Å². The van der Waals surface area contributed by atoms with Gasteiger partial charge in [-0.15, -0.1) is 11.6 Å². The van der Waals surface area contributed by atoms with Gasteiger partial charge in [-0.25, -0.2) is 0 Å². The summed E-state index contributed by atoms with van der Waals surface area (Å²) in [5.74, 6) is 0.722. The Balaban J connectivity index is 1.92. The lowest BCUT2D eigenvalue weighted by atomic mass is 10.4. The first kappa shape index (κ1) is 13.2. The molecule has 4 heteroatoms. The van der Waals surface area contributed by atoms with Gasteiger partial charge in [0.25, 0.3) is 0 Å². The minimum absolute atomic E-state index is 0.722. The quantitative estimate of drug-likeness (QED) is 0.425. The number of nitrogens with zero attached hydrogens (tertiary/aromatic N) is 1. The SMILES string of the molecule is COCCCOCCN(CCCl)C1CC1. The first-order chi connectivity index (χ1) is 7.38. The van der Waals surface area contributed by atoms with Crippen LogP contribution in [0.15, 0.2) is 0 Å². The standard InChI is InChI=1S/C11H22ClNO2/c1-14-8-2-9-15-10-7-13(6-5-12)11-3-4-11/h11H,2-10H2,1H3. The van der Waals surface area contributed by atoms with Crippen LogP contribution in [-0.2, 0) is 9.47 Å². The van der Waals surface area contributed by atoms with Crippen LogP contribution >= 0.6 is 11.6 Å².